The number of carboxylic acids is 1. The van der Waals surface area contributed by atoms with Crippen LogP contribution >= 0.6 is 0 Å². The number of fused-ring (bicyclic) bond motifs is 1. The molecule has 100 valence electrons. The van der Waals surface area contributed by atoms with Crippen LogP contribution < -0.4 is 10.9 Å². The van der Waals surface area contributed by atoms with Crippen LogP contribution in [0.25, 0.3) is 10.9 Å². The molecule has 0 saturated heterocycles. The van der Waals surface area contributed by atoms with E-state index >= 15 is 0 Å². The van der Waals surface area contributed by atoms with E-state index in [0.717, 1.165) is 5.56 Å². The van der Waals surface area contributed by atoms with E-state index in [1.807, 2.05) is 13.0 Å². The summed E-state index contributed by atoms with van der Waals surface area (Å²) in [4.78, 5) is 29.6. The fourth-order valence-corrected chi connectivity index (χ4v) is 1.77. The molecule has 19 heavy (non-hydrogen) atoms. The Labute approximate surface area is 109 Å². The second kappa shape index (κ2) is 5.19. The molecular weight excluding hydrogens is 246 g/mol. The lowest BCUT2D eigenvalue weighted by Gasteiger charge is -2.09. The van der Waals surface area contributed by atoms with Gasteiger partial charge in [-0.3, -0.25) is 14.9 Å². The van der Waals surface area contributed by atoms with Gasteiger partial charge in [0.2, 0.25) is 0 Å². The molecule has 0 spiro atoms. The summed E-state index contributed by atoms with van der Waals surface area (Å²) >= 11 is 0. The predicted octanol–water partition coefficient (Wildman–Crippen LogP) is 0.794. The van der Waals surface area contributed by atoms with Gasteiger partial charge in [-0.05, 0) is 25.5 Å². The first-order valence-electron chi connectivity index (χ1n) is 5.93. The third-order valence-electron chi connectivity index (χ3n) is 2.93. The lowest BCUT2D eigenvalue weighted by molar-refractivity contribution is -0.139. The molecule has 3 N–H and O–H groups in total. The SMILES string of the molecule is Cc1cccc2c(=O)[nH]c(CNC(C)C(=O)O)nc12. The van der Waals surface area contributed by atoms with Crippen LogP contribution in [-0.4, -0.2) is 27.1 Å². The van der Waals surface area contributed by atoms with E-state index in [1.54, 1.807) is 12.1 Å². The Morgan fingerprint density at radius 3 is 2.95 bits per heavy atom. The van der Waals surface area contributed by atoms with Gasteiger partial charge in [-0.1, -0.05) is 12.1 Å². The number of benzene rings is 1. The fourth-order valence-electron chi connectivity index (χ4n) is 1.77. The topological polar surface area (TPSA) is 95.1 Å². The van der Waals surface area contributed by atoms with E-state index in [9.17, 15) is 9.59 Å². The monoisotopic (exact) mass is 261 g/mol. The van der Waals surface area contributed by atoms with Crippen LogP contribution in [0.3, 0.4) is 0 Å². The number of carboxylic acid groups (broad SMARTS) is 1. The number of hydrogen-bond acceptors (Lipinski definition) is 4. The highest BCUT2D eigenvalue weighted by atomic mass is 16.4. The summed E-state index contributed by atoms with van der Waals surface area (Å²) in [5.41, 5.74) is 1.34. The van der Waals surface area contributed by atoms with Gasteiger partial charge < -0.3 is 10.1 Å². The summed E-state index contributed by atoms with van der Waals surface area (Å²) in [6.07, 6.45) is 0. The van der Waals surface area contributed by atoms with Crippen LogP contribution in [0.2, 0.25) is 0 Å². The first kappa shape index (κ1) is 13.2. The number of aryl methyl sites for hydroxylation is 1. The van der Waals surface area contributed by atoms with E-state index in [-0.39, 0.29) is 12.1 Å². The lowest BCUT2D eigenvalue weighted by atomic mass is 10.1. The number of para-hydroxylation sites is 1. The summed E-state index contributed by atoms with van der Waals surface area (Å²) in [6.45, 7) is 3.62. The maximum Gasteiger partial charge on any atom is 0.320 e. The van der Waals surface area contributed by atoms with Crippen LogP contribution in [0.4, 0.5) is 0 Å². The molecule has 1 aromatic carbocycles. The van der Waals surface area contributed by atoms with Crippen LogP contribution in [0, 0.1) is 6.92 Å². The summed E-state index contributed by atoms with van der Waals surface area (Å²) in [6, 6.07) is 4.70. The number of carbonyl (C=O) groups is 1. The highest BCUT2D eigenvalue weighted by Gasteiger charge is 2.11. The normalized spacial score (nSPS) is 12.5. The molecule has 0 bridgehead atoms. The number of H-pyrrole nitrogens is 1. The summed E-state index contributed by atoms with van der Waals surface area (Å²) < 4.78 is 0. The van der Waals surface area contributed by atoms with Gasteiger partial charge in [0.1, 0.15) is 11.9 Å². The molecule has 1 atom stereocenters. The van der Waals surface area contributed by atoms with Crippen molar-refractivity contribution in [3.05, 3.63) is 39.9 Å². The molecule has 2 aromatic rings. The van der Waals surface area contributed by atoms with E-state index in [0.29, 0.717) is 16.7 Å². The van der Waals surface area contributed by atoms with Gasteiger partial charge in [0.05, 0.1) is 17.4 Å². The zero-order chi connectivity index (χ0) is 14.0. The lowest BCUT2D eigenvalue weighted by Crippen LogP contribution is -2.34. The summed E-state index contributed by atoms with van der Waals surface area (Å²) in [5, 5.41) is 12.1. The minimum Gasteiger partial charge on any atom is -0.480 e. The number of aromatic nitrogens is 2. The first-order chi connectivity index (χ1) is 8.99. The van der Waals surface area contributed by atoms with Gasteiger partial charge >= 0.3 is 5.97 Å². The van der Waals surface area contributed by atoms with Crippen molar-refractivity contribution in [1.82, 2.24) is 15.3 Å². The van der Waals surface area contributed by atoms with Gasteiger partial charge in [0, 0.05) is 0 Å². The maximum absolute atomic E-state index is 11.9. The minimum atomic E-state index is -0.945. The molecule has 0 fully saturated rings. The van der Waals surface area contributed by atoms with E-state index in [4.69, 9.17) is 5.11 Å². The standard InChI is InChI=1S/C13H15N3O3/c1-7-4-3-5-9-11(7)15-10(16-12(9)17)6-14-8(2)13(18)19/h3-5,8,14H,6H2,1-2H3,(H,18,19)(H,15,16,17). The molecule has 0 radical (unpaired) electrons. The number of hydrogen-bond donors (Lipinski definition) is 3. The molecule has 6 heteroatoms. The van der Waals surface area contributed by atoms with Crippen molar-refractivity contribution in [2.45, 2.75) is 26.4 Å². The highest BCUT2D eigenvalue weighted by molar-refractivity contribution is 5.80. The van der Waals surface area contributed by atoms with Crippen LogP contribution in [-0.2, 0) is 11.3 Å². The van der Waals surface area contributed by atoms with Crippen molar-refractivity contribution in [2.75, 3.05) is 0 Å². The highest BCUT2D eigenvalue weighted by Crippen LogP contribution is 2.11. The number of nitrogens with zero attached hydrogens (tertiary/aromatic N) is 1. The van der Waals surface area contributed by atoms with Crippen molar-refractivity contribution in [3.63, 3.8) is 0 Å². The third kappa shape index (κ3) is 2.79. The Morgan fingerprint density at radius 1 is 1.53 bits per heavy atom. The van der Waals surface area contributed by atoms with Crippen molar-refractivity contribution in [2.24, 2.45) is 0 Å². The van der Waals surface area contributed by atoms with Crippen molar-refractivity contribution >= 4 is 16.9 Å². The van der Waals surface area contributed by atoms with Crippen molar-refractivity contribution < 1.29 is 9.90 Å². The van der Waals surface area contributed by atoms with E-state index < -0.39 is 12.0 Å². The van der Waals surface area contributed by atoms with E-state index in [2.05, 4.69) is 15.3 Å². The predicted molar refractivity (Wildman–Crippen MR) is 71.0 cm³/mol. The third-order valence-corrected chi connectivity index (χ3v) is 2.93. The van der Waals surface area contributed by atoms with Gasteiger partial charge in [0.25, 0.3) is 5.56 Å². The smallest absolute Gasteiger partial charge is 0.320 e. The molecule has 1 aromatic heterocycles. The second-order valence-corrected chi connectivity index (χ2v) is 4.42. The maximum atomic E-state index is 11.9. The zero-order valence-electron chi connectivity index (χ0n) is 10.7. The average Bonchev–Trinajstić information content (AvgIpc) is 2.37. The Kier molecular flexibility index (Phi) is 3.62. The van der Waals surface area contributed by atoms with Crippen molar-refractivity contribution in [3.8, 4) is 0 Å². The van der Waals surface area contributed by atoms with Crippen molar-refractivity contribution in [1.29, 1.82) is 0 Å². The molecule has 0 amide bonds. The first-order valence-corrected chi connectivity index (χ1v) is 5.93. The molecule has 1 unspecified atom stereocenters. The quantitative estimate of drug-likeness (QED) is 0.756. The fraction of sp³-hybridized carbons (Fsp3) is 0.308. The number of rotatable bonds is 4. The Morgan fingerprint density at radius 2 is 2.26 bits per heavy atom. The van der Waals surface area contributed by atoms with Crippen LogP contribution in [0.5, 0.6) is 0 Å². The molecule has 6 nitrogen and oxygen atoms in total. The Bertz CT molecular complexity index is 678. The van der Waals surface area contributed by atoms with E-state index in [1.165, 1.54) is 6.92 Å². The molecule has 0 aliphatic rings. The van der Waals surface area contributed by atoms with Gasteiger partial charge in [0.15, 0.2) is 0 Å². The molecule has 2 rings (SSSR count). The van der Waals surface area contributed by atoms with Gasteiger partial charge in [-0.2, -0.15) is 0 Å². The number of aliphatic carboxylic acids is 1. The molecule has 0 saturated carbocycles. The molecule has 1 heterocycles. The van der Waals surface area contributed by atoms with Crippen LogP contribution in [0.15, 0.2) is 23.0 Å². The van der Waals surface area contributed by atoms with Gasteiger partial charge in [-0.15, -0.1) is 0 Å². The Hall–Kier alpha value is -2.21. The molecule has 0 aliphatic heterocycles. The Balaban J connectivity index is 2.33. The van der Waals surface area contributed by atoms with Gasteiger partial charge in [-0.25, -0.2) is 4.98 Å². The summed E-state index contributed by atoms with van der Waals surface area (Å²) in [5.74, 6) is -0.515. The zero-order valence-corrected chi connectivity index (χ0v) is 10.7. The summed E-state index contributed by atoms with van der Waals surface area (Å²) in [7, 11) is 0. The average molecular weight is 261 g/mol. The minimum absolute atomic E-state index is 0.201. The molecular formula is C13H15N3O3. The number of nitrogens with one attached hydrogen (secondary N) is 2. The largest absolute Gasteiger partial charge is 0.480 e. The second-order valence-electron chi connectivity index (χ2n) is 4.42. The number of aromatic amines is 1. The molecule has 0 aliphatic carbocycles. The van der Waals surface area contributed by atoms with Crippen LogP contribution in [0.1, 0.15) is 18.3 Å².